The topological polar surface area (TPSA) is 98.2 Å². The van der Waals surface area contributed by atoms with Gasteiger partial charge in [-0.3, -0.25) is 14.5 Å². The molecule has 1 fully saturated rings. The van der Waals surface area contributed by atoms with Gasteiger partial charge in [-0.15, -0.1) is 0 Å². The number of carbonyl (C=O) groups excluding carboxylic acids is 2. The summed E-state index contributed by atoms with van der Waals surface area (Å²) in [5.41, 5.74) is 2.84. The van der Waals surface area contributed by atoms with E-state index < -0.39 is 17.7 Å². The summed E-state index contributed by atoms with van der Waals surface area (Å²) in [5.74, 6) is -0.114. The van der Waals surface area contributed by atoms with Crippen LogP contribution in [0.2, 0.25) is 0 Å². The van der Waals surface area contributed by atoms with Gasteiger partial charge < -0.3 is 19.3 Å². The van der Waals surface area contributed by atoms with Crippen LogP contribution in [0.1, 0.15) is 29.7 Å². The van der Waals surface area contributed by atoms with E-state index in [1.54, 1.807) is 31.4 Å². The monoisotopic (exact) mass is 528 g/mol. The molecule has 1 atom stereocenters. The maximum absolute atomic E-state index is 13.5. The van der Waals surface area contributed by atoms with E-state index in [-0.39, 0.29) is 11.3 Å². The van der Waals surface area contributed by atoms with Gasteiger partial charge in [0.05, 0.1) is 28.9 Å². The van der Waals surface area contributed by atoms with Crippen LogP contribution in [-0.4, -0.2) is 42.1 Å². The molecule has 3 heterocycles. The highest BCUT2D eigenvalue weighted by molar-refractivity contribution is 7.22. The number of aryl methyl sites for hydroxylation is 1. The van der Waals surface area contributed by atoms with Crippen molar-refractivity contribution in [3.8, 4) is 17.2 Å². The number of aliphatic hydroxyl groups excluding tert-OH is 1. The number of hydrogen-bond donors (Lipinski definition) is 1. The Morgan fingerprint density at radius 1 is 1.05 bits per heavy atom. The van der Waals surface area contributed by atoms with Gasteiger partial charge in [-0.05, 0) is 53.9 Å². The van der Waals surface area contributed by atoms with Crippen LogP contribution in [0, 0.1) is 0 Å². The van der Waals surface area contributed by atoms with Crippen molar-refractivity contribution in [2.75, 3.05) is 25.2 Å². The summed E-state index contributed by atoms with van der Waals surface area (Å²) >= 11 is 1.29. The molecular weight excluding hydrogens is 504 g/mol. The first kappa shape index (κ1) is 24.0. The molecule has 2 aliphatic rings. The molecule has 2 aliphatic heterocycles. The fraction of sp³-hybridized carbons (Fsp3) is 0.207. The third-order valence-corrected chi connectivity index (χ3v) is 7.77. The summed E-state index contributed by atoms with van der Waals surface area (Å²) in [7, 11) is 1.58. The van der Waals surface area contributed by atoms with E-state index >= 15 is 0 Å². The molecule has 192 valence electrons. The van der Waals surface area contributed by atoms with Crippen molar-refractivity contribution in [3.63, 3.8) is 0 Å². The van der Waals surface area contributed by atoms with Crippen LogP contribution in [0.15, 0.2) is 66.2 Å². The van der Waals surface area contributed by atoms with Crippen LogP contribution in [-0.2, 0) is 16.0 Å². The highest BCUT2D eigenvalue weighted by atomic mass is 32.1. The Labute approximate surface area is 222 Å². The lowest BCUT2D eigenvalue weighted by molar-refractivity contribution is -0.132. The van der Waals surface area contributed by atoms with Crippen LogP contribution < -0.4 is 19.1 Å². The molecule has 0 saturated carbocycles. The van der Waals surface area contributed by atoms with E-state index in [4.69, 9.17) is 14.2 Å². The van der Waals surface area contributed by atoms with Gasteiger partial charge in [0.15, 0.2) is 16.6 Å². The Morgan fingerprint density at radius 2 is 1.82 bits per heavy atom. The lowest BCUT2D eigenvalue weighted by Crippen LogP contribution is -2.29. The summed E-state index contributed by atoms with van der Waals surface area (Å²) in [5, 5.41) is 11.8. The Balaban J connectivity index is 1.52. The molecule has 0 aliphatic carbocycles. The van der Waals surface area contributed by atoms with Gasteiger partial charge >= 0.3 is 5.91 Å². The number of anilines is 1. The van der Waals surface area contributed by atoms with Crippen molar-refractivity contribution >= 4 is 44.1 Å². The predicted molar refractivity (Wildman–Crippen MR) is 144 cm³/mol. The molecule has 4 aromatic rings. The zero-order valence-electron chi connectivity index (χ0n) is 20.8. The minimum Gasteiger partial charge on any atom is -0.507 e. The van der Waals surface area contributed by atoms with Crippen molar-refractivity contribution < 1.29 is 28.9 Å². The van der Waals surface area contributed by atoms with Crippen molar-refractivity contribution in [1.29, 1.82) is 0 Å². The first-order valence-corrected chi connectivity index (χ1v) is 13.0. The predicted octanol–water partition coefficient (Wildman–Crippen LogP) is 5.26. The molecule has 6 rings (SSSR count). The zero-order valence-corrected chi connectivity index (χ0v) is 21.6. The number of ether oxygens (including phenoxy) is 3. The van der Waals surface area contributed by atoms with Gasteiger partial charge in [0, 0.05) is 5.56 Å². The summed E-state index contributed by atoms with van der Waals surface area (Å²) in [6, 6.07) is 17.2. The number of fused-ring (bicyclic) bond motifs is 2. The Morgan fingerprint density at radius 3 is 2.55 bits per heavy atom. The first-order chi connectivity index (χ1) is 18.5. The van der Waals surface area contributed by atoms with Crippen LogP contribution >= 0.6 is 11.3 Å². The number of carbonyl (C=O) groups is 2. The highest BCUT2D eigenvalue weighted by Crippen LogP contribution is 2.45. The van der Waals surface area contributed by atoms with Gasteiger partial charge in [-0.1, -0.05) is 42.5 Å². The van der Waals surface area contributed by atoms with Gasteiger partial charge in [-0.2, -0.15) is 0 Å². The van der Waals surface area contributed by atoms with Crippen LogP contribution in [0.4, 0.5) is 5.13 Å². The van der Waals surface area contributed by atoms with Crippen molar-refractivity contribution in [2.45, 2.75) is 19.4 Å². The first-order valence-electron chi connectivity index (χ1n) is 12.2. The van der Waals surface area contributed by atoms with E-state index in [0.29, 0.717) is 52.2 Å². The number of Topliss-reactive ketones (excluding diaryl/α,β-unsaturated/α-hetero) is 1. The summed E-state index contributed by atoms with van der Waals surface area (Å²) < 4.78 is 17.4. The van der Waals surface area contributed by atoms with E-state index in [9.17, 15) is 14.7 Å². The largest absolute Gasteiger partial charge is 0.507 e. The lowest BCUT2D eigenvalue weighted by atomic mass is 9.94. The van der Waals surface area contributed by atoms with Crippen LogP contribution in [0.3, 0.4) is 0 Å². The average Bonchev–Trinajstić information content (AvgIpc) is 3.49. The number of nitrogens with zero attached hydrogens (tertiary/aromatic N) is 2. The number of amides is 1. The summed E-state index contributed by atoms with van der Waals surface area (Å²) in [6.45, 7) is 2.87. The Kier molecular flexibility index (Phi) is 6.00. The third-order valence-electron chi connectivity index (χ3n) is 6.75. The second-order valence-corrected chi connectivity index (χ2v) is 9.96. The number of thiazole rings is 1. The normalized spacial score (nSPS) is 18.3. The van der Waals surface area contributed by atoms with Gasteiger partial charge in [0.25, 0.3) is 5.78 Å². The van der Waals surface area contributed by atoms with E-state index in [0.717, 1.165) is 16.7 Å². The zero-order chi connectivity index (χ0) is 26.4. The minimum atomic E-state index is -0.864. The Hall–Kier alpha value is -4.37. The smallest absolute Gasteiger partial charge is 0.301 e. The van der Waals surface area contributed by atoms with Crippen molar-refractivity contribution in [2.24, 2.45) is 0 Å². The molecule has 9 heteroatoms. The van der Waals surface area contributed by atoms with Crippen molar-refractivity contribution in [3.05, 3.63) is 82.9 Å². The fourth-order valence-electron chi connectivity index (χ4n) is 4.75. The van der Waals surface area contributed by atoms with E-state index in [1.807, 2.05) is 36.4 Å². The minimum absolute atomic E-state index is 0.00670. The number of aliphatic hydroxyl groups is 1. The van der Waals surface area contributed by atoms with Gasteiger partial charge in [0.1, 0.15) is 24.7 Å². The molecule has 38 heavy (non-hydrogen) atoms. The highest BCUT2D eigenvalue weighted by Gasteiger charge is 2.48. The average molecular weight is 529 g/mol. The lowest BCUT2D eigenvalue weighted by Gasteiger charge is -2.23. The molecule has 1 amide bonds. The molecule has 0 spiro atoms. The quantitative estimate of drug-likeness (QED) is 0.214. The molecule has 8 nitrogen and oxygen atoms in total. The second kappa shape index (κ2) is 9.50. The van der Waals surface area contributed by atoms with E-state index in [2.05, 4.69) is 11.9 Å². The maximum Gasteiger partial charge on any atom is 0.301 e. The number of benzene rings is 3. The molecule has 1 aromatic heterocycles. The molecule has 3 aromatic carbocycles. The second-order valence-electron chi connectivity index (χ2n) is 8.95. The van der Waals surface area contributed by atoms with Crippen LogP contribution in [0.25, 0.3) is 16.0 Å². The SMILES string of the molecule is CCc1ccc(C2/C(=C(/O)c3ccc4c(c3)OCCO4)C(=O)C(=O)N2c2nc3ccc(OC)cc3s2)cc1. The molecule has 1 N–H and O–H groups in total. The number of ketones is 1. The standard InChI is InChI=1S/C29H24N2O6S/c1-3-16-4-6-17(7-5-16)25-24(26(32)18-8-11-21-22(14-18)37-13-12-36-21)27(33)28(34)31(25)29-30-20-10-9-19(35-2)15-23(20)38-29/h4-11,14-15,25,32H,3,12-13H2,1-2H3/b26-24-. The molecular formula is C29H24N2O6S. The third kappa shape index (κ3) is 3.95. The fourth-order valence-corrected chi connectivity index (χ4v) is 5.77. The molecule has 1 saturated heterocycles. The molecule has 1 unspecified atom stereocenters. The molecule has 0 bridgehead atoms. The number of hydrogen-bond acceptors (Lipinski definition) is 8. The maximum atomic E-state index is 13.5. The van der Waals surface area contributed by atoms with Crippen LogP contribution in [0.5, 0.6) is 17.2 Å². The summed E-state index contributed by atoms with van der Waals surface area (Å²) in [4.78, 5) is 33.1. The number of aromatic nitrogens is 1. The van der Waals surface area contributed by atoms with Crippen molar-refractivity contribution in [1.82, 2.24) is 4.98 Å². The molecule has 0 radical (unpaired) electrons. The van der Waals surface area contributed by atoms with E-state index in [1.165, 1.54) is 16.2 Å². The number of methoxy groups -OCH3 is 1. The van der Waals surface area contributed by atoms with Gasteiger partial charge in [0.2, 0.25) is 0 Å². The number of rotatable bonds is 5. The Bertz CT molecular complexity index is 1610. The summed E-state index contributed by atoms with van der Waals surface area (Å²) in [6.07, 6.45) is 0.845. The van der Waals surface area contributed by atoms with Gasteiger partial charge in [-0.25, -0.2) is 4.98 Å².